The quantitative estimate of drug-likeness (QED) is 0.272. The highest BCUT2D eigenvalue weighted by molar-refractivity contribution is 14.0. The molecule has 0 saturated carbocycles. The second kappa shape index (κ2) is 12.4. The van der Waals surface area contributed by atoms with Crippen LogP contribution >= 0.6 is 35.6 Å². The molecule has 158 valence electrons. The summed E-state index contributed by atoms with van der Waals surface area (Å²) < 4.78 is 1.69. The molecule has 0 aliphatic heterocycles. The van der Waals surface area contributed by atoms with Gasteiger partial charge in [0.25, 0.3) is 5.56 Å². The number of hydrogen-bond acceptors (Lipinski definition) is 2. The van der Waals surface area contributed by atoms with Crippen molar-refractivity contribution in [1.82, 2.24) is 15.2 Å². The Bertz CT molecular complexity index is 1000. The molecule has 2 aromatic carbocycles. The van der Waals surface area contributed by atoms with E-state index in [1.807, 2.05) is 42.5 Å². The van der Waals surface area contributed by atoms with Gasteiger partial charge in [0.05, 0.1) is 6.54 Å². The van der Waals surface area contributed by atoms with Crippen LogP contribution in [0.15, 0.2) is 82.7 Å². The third kappa shape index (κ3) is 7.50. The van der Waals surface area contributed by atoms with Crippen molar-refractivity contribution in [2.75, 3.05) is 13.6 Å². The number of hydrogen-bond donors (Lipinski definition) is 2. The lowest BCUT2D eigenvalue weighted by Gasteiger charge is -2.12. The van der Waals surface area contributed by atoms with E-state index in [1.165, 1.54) is 5.56 Å². The van der Waals surface area contributed by atoms with Crippen molar-refractivity contribution in [2.24, 2.45) is 4.99 Å². The molecule has 0 aliphatic carbocycles. The summed E-state index contributed by atoms with van der Waals surface area (Å²) in [5, 5.41) is 7.39. The fraction of sp³-hybridized carbons (Fsp3) is 0.217. The minimum Gasteiger partial charge on any atom is -0.356 e. The zero-order chi connectivity index (χ0) is 20.5. The molecule has 0 fully saturated rings. The third-order valence-corrected chi connectivity index (χ3v) is 4.83. The molecule has 5 nitrogen and oxygen atoms in total. The predicted molar refractivity (Wildman–Crippen MR) is 135 cm³/mol. The predicted octanol–water partition coefficient (Wildman–Crippen LogP) is 4.08. The van der Waals surface area contributed by atoms with E-state index in [2.05, 4.69) is 27.8 Å². The molecule has 0 unspecified atom stereocenters. The number of guanidine groups is 1. The van der Waals surface area contributed by atoms with Gasteiger partial charge >= 0.3 is 0 Å². The van der Waals surface area contributed by atoms with Crippen molar-refractivity contribution < 1.29 is 0 Å². The molecule has 0 bridgehead atoms. The Balaban J connectivity index is 0.00000320. The molecule has 1 heterocycles. The Kier molecular flexibility index (Phi) is 9.89. The largest absolute Gasteiger partial charge is 0.356 e. The van der Waals surface area contributed by atoms with E-state index in [0.29, 0.717) is 13.1 Å². The molecule has 3 aromatic rings. The number of halogens is 2. The lowest BCUT2D eigenvalue weighted by Crippen LogP contribution is -2.37. The first-order valence-corrected chi connectivity index (χ1v) is 9.94. The average Bonchev–Trinajstić information content (AvgIpc) is 2.74. The molecule has 0 aliphatic rings. The van der Waals surface area contributed by atoms with Gasteiger partial charge in [0.15, 0.2) is 5.96 Å². The molecule has 0 amide bonds. The van der Waals surface area contributed by atoms with Gasteiger partial charge in [-0.3, -0.25) is 9.79 Å². The van der Waals surface area contributed by atoms with E-state index in [1.54, 1.807) is 29.9 Å². The standard InChI is InChI=1S/C23H25ClN4O.HI/c1-25-23(26-14-13-18-9-11-21(24)12-10-18)27-16-19-5-7-20(8-6-19)17-28-15-3-2-4-22(28)29;/h2-12,15H,13-14,16-17H2,1H3,(H2,25,26,27);1H. The van der Waals surface area contributed by atoms with E-state index in [0.717, 1.165) is 35.1 Å². The zero-order valence-electron chi connectivity index (χ0n) is 16.8. The molecule has 0 spiro atoms. The second-order valence-corrected chi connectivity index (χ2v) is 7.15. The SMILES string of the molecule is CN=C(NCCc1ccc(Cl)cc1)NCc1ccc(Cn2ccccc2=O)cc1.I. The zero-order valence-corrected chi connectivity index (χ0v) is 19.9. The van der Waals surface area contributed by atoms with E-state index >= 15 is 0 Å². The van der Waals surface area contributed by atoms with Crippen molar-refractivity contribution in [3.05, 3.63) is 105 Å². The van der Waals surface area contributed by atoms with E-state index in [-0.39, 0.29) is 29.5 Å². The van der Waals surface area contributed by atoms with E-state index in [9.17, 15) is 4.79 Å². The van der Waals surface area contributed by atoms with Crippen molar-refractivity contribution in [3.63, 3.8) is 0 Å². The summed E-state index contributed by atoms with van der Waals surface area (Å²) in [7, 11) is 1.76. The lowest BCUT2D eigenvalue weighted by molar-refractivity contribution is 0.758. The monoisotopic (exact) mass is 536 g/mol. The maximum atomic E-state index is 11.8. The van der Waals surface area contributed by atoms with E-state index in [4.69, 9.17) is 11.6 Å². The van der Waals surface area contributed by atoms with Crippen LogP contribution in [0.5, 0.6) is 0 Å². The van der Waals surface area contributed by atoms with E-state index < -0.39 is 0 Å². The van der Waals surface area contributed by atoms with Crippen LogP contribution in [0.2, 0.25) is 5.02 Å². The van der Waals surface area contributed by atoms with Crippen LogP contribution < -0.4 is 16.2 Å². The molecule has 0 saturated heterocycles. The minimum atomic E-state index is 0. The molecule has 0 radical (unpaired) electrons. The lowest BCUT2D eigenvalue weighted by atomic mass is 10.1. The third-order valence-electron chi connectivity index (χ3n) is 4.58. The summed E-state index contributed by atoms with van der Waals surface area (Å²) in [6.45, 7) is 2.03. The molecular weight excluding hydrogens is 511 g/mol. The smallest absolute Gasteiger partial charge is 0.250 e. The second-order valence-electron chi connectivity index (χ2n) is 6.71. The first-order chi connectivity index (χ1) is 14.1. The first kappa shape index (κ1) is 24.0. The van der Waals surface area contributed by atoms with Gasteiger partial charge in [-0.15, -0.1) is 24.0 Å². The van der Waals surface area contributed by atoms with Crippen LogP contribution in [0.1, 0.15) is 16.7 Å². The molecule has 3 rings (SSSR count). The Morgan fingerprint density at radius 1 is 0.933 bits per heavy atom. The number of rotatable bonds is 7. The fourth-order valence-electron chi connectivity index (χ4n) is 2.93. The molecule has 7 heteroatoms. The van der Waals surface area contributed by atoms with Crippen LogP contribution in [0.25, 0.3) is 0 Å². The maximum Gasteiger partial charge on any atom is 0.250 e. The van der Waals surface area contributed by atoms with Gasteiger partial charge < -0.3 is 15.2 Å². The number of pyridine rings is 1. The van der Waals surface area contributed by atoms with Crippen molar-refractivity contribution >= 4 is 41.5 Å². The highest BCUT2D eigenvalue weighted by Crippen LogP contribution is 2.09. The summed E-state index contributed by atoms with van der Waals surface area (Å²) in [5.41, 5.74) is 3.47. The van der Waals surface area contributed by atoms with Crippen molar-refractivity contribution in [1.29, 1.82) is 0 Å². The van der Waals surface area contributed by atoms with Crippen LogP contribution in [0, 0.1) is 0 Å². The molecule has 2 N–H and O–H groups in total. The summed E-state index contributed by atoms with van der Waals surface area (Å²) in [4.78, 5) is 16.1. The van der Waals surface area contributed by atoms with Gasteiger partial charge in [0.1, 0.15) is 0 Å². The van der Waals surface area contributed by atoms with Crippen molar-refractivity contribution in [2.45, 2.75) is 19.5 Å². The van der Waals surface area contributed by atoms with Crippen LogP contribution in [0.3, 0.4) is 0 Å². The topological polar surface area (TPSA) is 58.4 Å². The Labute approximate surface area is 199 Å². The van der Waals surface area contributed by atoms with Crippen molar-refractivity contribution in [3.8, 4) is 0 Å². The molecular formula is C23H26ClIN4O. The molecule has 0 atom stereocenters. The van der Waals surface area contributed by atoms with Gasteiger partial charge in [-0.1, -0.05) is 54.1 Å². The molecule has 1 aromatic heterocycles. The first-order valence-electron chi connectivity index (χ1n) is 9.56. The number of benzene rings is 2. The van der Waals surface area contributed by atoms with Gasteiger partial charge in [-0.25, -0.2) is 0 Å². The van der Waals surface area contributed by atoms with Crippen LogP contribution in [-0.4, -0.2) is 24.1 Å². The number of nitrogens with zero attached hydrogens (tertiary/aromatic N) is 2. The molecule has 30 heavy (non-hydrogen) atoms. The minimum absolute atomic E-state index is 0. The highest BCUT2D eigenvalue weighted by atomic mass is 127. The van der Waals surface area contributed by atoms with Crippen LogP contribution in [-0.2, 0) is 19.5 Å². The Morgan fingerprint density at radius 2 is 1.60 bits per heavy atom. The van der Waals surface area contributed by atoms with Gasteiger partial charge in [-0.05, 0) is 41.3 Å². The average molecular weight is 537 g/mol. The Morgan fingerprint density at radius 3 is 2.27 bits per heavy atom. The number of aromatic nitrogens is 1. The maximum absolute atomic E-state index is 11.8. The summed E-state index contributed by atoms with van der Waals surface area (Å²) in [5.74, 6) is 0.763. The highest BCUT2D eigenvalue weighted by Gasteiger charge is 2.01. The van der Waals surface area contributed by atoms with Crippen LogP contribution in [0.4, 0.5) is 0 Å². The summed E-state index contributed by atoms with van der Waals surface area (Å²) >= 11 is 5.92. The summed E-state index contributed by atoms with van der Waals surface area (Å²) in [6, 6.07) is 21.3. The summed E-state index contributed by atoms with van der Waals surface area (Å²) in [6.07, 6.45) is 2.70. The number of nitrogens with one attached hydrogen (secondary N) is 2. The normalized spacial score (nSPS) is 10.9. The van der Waals surface area contributed by atoms with Gasteiger partial charge in [0.2, 0.25) is 0 Å². The van der Waals surface area contributed by atoms with Gasteiger partial charge in [-0.2, -0.15) is 0 Å². The Hall–Kier alpha value is -2.32. The van der Waals surface area contributed by atoms with Gasteiger partial charge in [0, 0.05) is 37.4 Å². The fourth-order valence-corrected chi connectivity index (χ4v) is 3.06. The number of aliphatic imine (C=N–C) groups is 1.